The molecule has 0 amide bonds. The van der Waals surface area contributed by atoms with E-state index >= 15 is 0 Å². The Morgan fingerprint density at radius 2 is 2.12 bits per heavy atom. The Labute approximate surface area is 106 Å². The lowest BCUT2D eigenvalue weighted by Crippen LogP contribution is -2.37. The van der Waals surface area contributed by atoms with Gasteiger partial charge in [-0.15, -0.1) is 0 Å². The molecule has 88 valence electrons. The molecule has 3 heteroatoms. The first-order chi connectivity index (χ1) is 7.59. The Balaban J connectivity index is 2.21. The predicted molar refractivity (Wildman–Crippen MR) is 72.8 cm³/mol. The molecule has 0 bridgehead atoms. The summed E-state index contributed by atoms with van der Waals surface area (Å²) in [4.78, 5) is 2.37. The first-order valence-corrected chi connectivity index (χ1v) is 6.66. The van der Waals surface area contributed by atoms with E-state index in [1.54, 1.807) is 0 Å². The molecule has 2 nitrogen and oxygen atoms in total. The normalized spacial score (nSPS) is 18.0. The van der Waals surface area contributed by atoms with Crippen LogP contribution in [0.3, 0.4) is 0 Å². The van der Waals surface area contributed by atoms with Crippen molar-refractivity contribution >= 4 is 21.6 Å². The van der Waals surface area contributed by atoms with Gasteiger partial charge in [0.25, 0.3) is 0 Å². The number of nitrogens with zero attached hydrogens (tertiary/aromatic N) is 1. The Kier molecular flexibility index (Phi) is 3.55. The number of nitrogens with two attached hydrogens (primary N) is 1. The Morgan fingerprint density at radius 1 is 1.44 bits per heavy atom. The Bertz CT molecular complexity index is 372. The van der Waals surface area contributed by atoms with E-state index in [-0.39, 0.29) is 6.04 Å². The molecular formula is C13H19BrN2. The van der Waals surface area contributed by atoms with E-state index in [0.29, 0.717) is 0 Å². The van der Waals surface area contributed by atoms with Crippen LogP contribution in [0, 0.1) is 0 Å². The monoisotopic (exact) mass is 282 g/mol. The molecule has 16 heavy (non-hydrogen) atoms. The van der Waals surface area contributed by atoms with E-state index in [0.717, 1.165) is 10.5 Å². The van der Waals surface area contributed by atoms with Crippen LogP contribution in [-0.2, 0) is 0 Å². The second kappa shape index (κ2) is 4.76. The van der Waals surface area contributed by atoms with Crippen molar-refractivity contribution in [3.63, 3.8) is 0 Å². The number of rotatable bonds is 3. The molecule has 0 aliphatic heterocycles. The molecule has 1 saturated carbocycles. The molecule has 1 fully saturated rings. The van der Waals surface area contributed by atoms with Crippen LogP contribution in [0.2, 0.25) is 0 Å². The quantitative estimate of drug-likeness (QED) is 0.920. The van der Waals surface area contributed by atoms with Gasteiger partial charge in [0.05, 0.1) is 5.69 Å². The summed E-state index contributed by atoms with van der Waals surface area (Å²) in [6.45, 7) is 2.01. The summed E-state index contributed by atoms with van der Waals surface area (Å²) in [5, 5.41) is 0. The van der Waals surface area contributed by atoms with Gasteiger partial charge >= 0.3 is 0 Å². The van der Waals surface area contributed by atoms with Gasteiger partial charge < -0.3 is 10.6 Å². The van der Waals surface area contributed by atoms with Crippen LogP contribution in [0.5, 0.6) is 0 Å². The molecule has 2 rings (SSSR count). The van der Waals surface area contributed by atoms with Gasteiger partial charge in [0, 0.05) is 23.6 Å². The van der Waals surface area contributed by atoms with Gasteiger partial charge in [-0.2, -0.15) is 0 Å². The zero-order valence-electron chi connectivity index (χ0n) is 9.91. The number of hydrogen-bond acceptors (Lipinski definition) is 2. The standard InChI is InChI=1S/C13H19BrN2/c1-9(15)10-6-7-13(12(14)8-10)16(2)11-4-3-5-11/h6-9,11H,3-5,15H2,1-2H3/t9-/m1/s1. The third-order valence-electron chi connectivity index (χ3n) is 3.50. The summed E-state index contributed by atoms with van der Waals surface area (Å²) in [5.74, 6) is 0. The van der Waals surface area contributed by atoms with Crippen LogP contribution in [0.4, 0.5) is 5.69 Å². The third kappa shape index (κ3) is 2.25. The van der Waals surface area contributed by atoms with Crippen molar-refractivity contribution in [3.8, 4) is 0 Å². The molecule has 0 saturated heterocycles. The Morgan fingerprint density at radius 3 is 2.56 bits per heavy atom. The number of halogens is 1. The van der Waals surface area contributed by atoms with Crippen molar-refractivity contribution in [2.45, 2.75) is 38.3 Å². The van der Waals surface area contributed by atoms with E-state index < -0.39 is 0 Å². The fourth-order valence-corrected chi connectivity index (χ4v) is 2.74. The van der Waals surface area contributed by atoms with Gasteiger partial charge in [0.15, 0.2) is 0 Å². The third-order valence-corrected chi connectivity index (χ3v) is 4.14. The summed E-state index contributed by atoms with van der Waals surface area (Å²) in [5.41, 5.74) is 8.32. The lowest BCUT2D eigenvalue weighted by Gasteiger charge is -2.37. The van der Waals surface area contributed by atoms with Crippen molar-refractivity contribution in [1.82, 2.24) is 0 Å². The fraction of sp³-hybridized carbons (Fsp3) is 0.538. The molecule has 1 aromatic carbocycles. The topological polar surface area (TPSA) is 29.3 Å². The lowest BCUT2D eigenvalue weighted by atomic mass is 9.91. The zero-order chi connectivity index (χ0) is 11.7. The van der Waals surface area contributed by atoms with Gasteiger partial charge in [-0.25, -0.2) is 0 Å². The van der Waals surface area contributed by atoms with Crippen molar-refractivity contribution in [2.75, 3.05) is 11.9 Å². The largest absolute Gasteiger partial charge is 0.371 e. The maximum Gasteiger partial charge on any atom is 0.0510 e. The molecule has 1 aliphatic carbocycles. The molecular weight excluding hydrogens is 264 g/mol. The van der Waals surface area contributed by atoms with Crippen molar-refractivity contribution in [2.24, 2.45) is 5.73 Å². The second-order valence-corrected chi connectivity index (χ2v) is 5.55. The smallest absolute Gasteiger partial charge is 0.0510 e. The minimum Gasteiger partial charge on any atom is -0.371 e. The second-order valence-electron chi connectivity index (χ2n) is 4.70. The molecule has 0 radical (unpaired) electrons. The highest BCUT2D eigenvalue weighted by atomic mass is 79.9. The van der Waals surface area contributed by atoms with Crippen LogP contribution >= 0.6 is 15.9 Å². The number of benzene rings is 1. The van der Waals surface area contributed by atoms with Crippen LogP contribution in [0.15, 0.2) is 22.7 Å². The molecule has 2 N–H and O–H groups in total. The average molecular weight is 283 g/mol. The van der Waals surface area contributed by atoms with E-state index in [2.05, 4.69) is 46.1 Å². The minimum atomic E-state index is 0.0966. The maximum absolute atomic E-state index is 5.87. The molecule has 0 heterocycles. The van der Waals surface area contributed by atoms with Gasteiger partial charge in [-0.1, -0.05) is 6.07 Å². The Hall–Kier alpha value is -0.540. The summed E-state index contributed by atoms with van der Waals surface area (Å²) in [6, 6.07) is 7.24. The molecule has 1 aromatic rings. The van der Waals surface area contributed by atoms with Crippen LogP contribution in [-0.4, -0.2) is 13.1 Å². The number of hydrogen-bond donors (Lipinski definition) is 1. The summed E-state index contributed by atoms with van der Waals surface area (Å²) in [7, 11) is 2.18. The summed E-state index contributed by atoms with van der Waals surface area (Å²) in [6.07, 6.45) is 4.00. The maximum atomic E-state index is 5.87. The lowest BCUT2D eigenvalue weighted by molar-refractivity contribution is 0.401. The van der Waals surface area contributed by atoms with Crippen LogP contribution < -0.4 is 10.6 Å². The van der Waals surface area contributed by atoms with Crippen LogP contribution in [0.1, 0.15) is 37.8 Å². The van der Waals surface area contributed by atoms with Crippen LogP contribution in [0.25, 0.3) is 0 Å². The van der Waals surface area contributed by atoms with Crippen molar-refractivity contribution in [1.29, 1.82) is 0 Å². The van der Waals surface area contributed by atoms with Crippen molar-refractivity contribution < 1.29 is 0 Å². The number of anilines is 1. The fourth-order valence-electron chi connectivity index (χ4n) is 2.06. The highest BCUT2D eigenvalue weighted by molar-refractivity contribution is 9.10. The molecule has 1 atom stereocenters. The van der Waals surface area contributed by atoms with E-state index in [1.165, 1.54) is 30.5 Å². The first kappa shape index (κ1) is 11.9. The van der Waals surface area contributed by atoms with E-state index in [9.17, 15) is 0 Å². The van der Waals surface area contributed by atoms with Crippen molar-refractivity contribution in [3.05, 3.63) is 28.2 Å². The summed E-state index contributed by atoms with van der Waals surface area (Å²) >= 11 is 3.64. The molecule has 0 unspecified atom stereocenters. The SMILES string of the molecule is C[C@@H](N)c1ccc(N(C)C2CCC2)c(Br)c1. The van der Waals surface area contributed by atoms with Gasteiger partial charge in [-0.3, -0.25) is 0 Å². The van der Waals surface area contributed by atoms with Gasteiger partial charge in [0.2, 0.25) is 0 Å². The van der Waals surface area contributed by atoms with E-state index in [1.807, 2.05) is 6.92 Å². The highest BCUT2D eigenvalue weighted by Crippen LogP contribution is 2.34. The minimum absolute atomic E-state index is 0.0966. The van der Waals surface area contributed by atoms with Gasteiger partial charge in [0.1, 0.15) is 0 Å². The van der Waals surface area contributed by atoms with Gasteiger partial charge in [-0.05, 0) is 59.8 Å². The highest BCUT2D eigenvalue weighted by Gasteiger charge is 2.23. The average Bonchev–Trinajstić information content (AvgIpc) is 2.14. The predicted octanol–water partition coefficient (Wildman–Crippen LogP) is 3.46. The molecule has 0 aromatic heterocycles. The first-order valence-electron chi connectivity index (χ1n) is 5.87. The zero-order valence-corrected chi connectivity index (χ0v) is 11.5. The summed E-state index contributed by atoms with van der Waals surface area (Å²) < 4.78 is 1.15. The van der Waals surface area contributed by atoms with E-state index in [4.69, 9.17) is 5.73 Å². The molecule has 1 aliphatic rings. The molecule has 0 spiro atoms.